The number of ether oxygens (including phenoxy) is 2. The first kappa shape index (κ1) is 17.9. The summed E-state index contributed by atoms with van der Waals surface area (Å²) < 4.78 is 10.5. The zero-order valence-corrected chi connectivity index (χ0v) is 15.4. The Morgan fingerprint density at radius 3 is 2.69 bits per heavy atom. The highest BCUT2D eigenvalue weighted by Gasteiger charge is 2.07. The van der Waals surface area contributed by atoms with E-state index in [0.717, 1.165) is 16.9 Å². The van der Waals surface area contributed by atoms with Crippen LogP contribution in [0, 0.1) is 0 Å². The van der Waals surface area contributed by atoms with Gasteiger partial charge in [0.25, 0.3) is 5.56 Å². The van der Waals surface area contributed by atoms with E-state index < -0.39 is 0 Å². The van der Waals surface area contributed by atoms with E-state index >= 15 is 0 Å². The van der Waals surface area contributed by atoms with Gasteiger partial charge in [-0.3, -0.25) is 9.78 Å². The van der Waals surface area contributed by atoms with Gasteiger partial charge in [-0.2, -0.15) is 0 Å². The van der Waals surface area contributed by atoms with E-state index in [0.29, 0.717) is 36.1 Å². The molecule has 0 aliphatic carbocycles. The Hall–Kier alpha value is -2.87. The van der Waals surface area contributed by atoms with Crippen LogP contribution >= 0.6 is 11.3 Å². The number of H-pyrrole nitrogens is 1. The molecule has 26 heavy (non-hydrogen) atoms. The lowest BCUT2D eigenvalue weighted by molar-refractivity contribution is 0.354. The Kier molecular flexibility index (Phi) is 5.85. The normalized spacial score (nSPS) is 10.5. The molecule has 0 saturated heterocycles. The van der Waals surface area contributed by atoms with Crippen LogP contribution in [-0.2, 0) is 12.8 Å². The molecule has 2 aromatic heterocycles. The molecule has 0 aliphatic rings. The van der Waals surface area contributed by atoms with Crippen molar-refractivity contribution in [2.45, 2.75) is 12.8 Å². The lowest BCUT2D eigenvalue weighted by Gasteiger charge is -2.10. The highest BCUT2D eigenvalue weighted by atomic mass is 32.1. The molecule has 8 heteroatoms. The van der Waals surface area contributed by atoms with Gasteiger partial charge in [-0.05, 0) is 35.6 Å². The number of aromatic amines is 1. The number of rotatable bonds is 8. The van der Waals surface area contributed by atoms with Gasteiger partial charge in [-0.1, -0.05) is 12.1 Å². The van der Waals surface area contributed by atoms with Crippen LogP contribution in [0.3, 0.4) is 0 Å². The van der Waals surface area contributed by atoms with Gasteiger partial charge in [0.05, 0.1) is 14.2 Å². The van der Waals surface area contributed by atoms with Crippen molar-refractivity contribution in [2.24, 2.45) is 0 Å². The fraction of sp³-hybridized carbons (Fsp3) is 0.278. The Bertz CT molecular complexity index is 909. The first-order valence-electron chi connectivity index (χ1n) is 8.12. The lowest BCUT2D eigenvalue weighted by atomic mass is 10.1. The van der Waals surface area contributed by atoms with Gasteiger partial charge in [0.15, 0.2) is 11.5 Å². The van der Waals surface area contributed by atoms with Gasteiger partial charge in [-0.25, -0.2) is 0 Å². The second-order valence-electron chi connectivity index (χ2n) is 5.57. The van der Waals surface area contributed by atoms with E-state index in [-0.39, 0.29) is 5.56 Å². The highest BCUT2D eigenvalue weighted by molar-refractivity contribution is 7.09. The second kappa shape index (κ2) is 8.48. The Balaban J connectivity index is 1.58. The van der Waals surface area contributed by atoms with E-state index in [2.05, 4.69) is 20.5 Å². The third-order valence-electron chi connectivity index (χ3n) is 3.84. The van der Waals surface area contributed by atoms with E-state index in [4.69, 9.17) is 9.47 Å². The number of nitrogens with one attached hydrogen (secondary N) is 2. The molecule has 0 atom stereocenters. The summed E-state index contributed by atoms with van der Waals surface area (Å²) in [7, 11) is 3.22. The van der Waals surface area contributed by atoms with E-state index in [1.54, 1.807) is 25.6 Å². The molecule has 0 unspecified atom stereocenters. The molecule has 0 bridgehead atoms. The van der Waals surface area contributed by atoms with Gasteiger partial charge in [0, 0.05) is 17.8 Å². The summed E-state index contributed by atoms with van der Waals surface area (Å²) in [4.78, 5) is 15.9. The van der Waals surface area contributed by atoms with Crippen LogP contribution in [0.15, 0.2) is 40.5 Å². The maximum absolute atomic E-state index is 12.1. The van der Waals surface area contributed by atoms with Crippen molar-refractivity contribution < 1.29 is 9.47 Å². The van der Waals surface area contributed by atoms with Gasteiger partial charge < -0.3 is 14.8 Å². The van der Waals surface area contributed by atoms with Crippen molar-refractivity contribution >= 4 is 17.3 Å². The van der Waals surface area contributed by atoms with Crippen LogP contribution in [0.4, 0.5) is 5.95 Å². The molecule has 0 aliphatic heterocycles. The maximum Gasteiger partial charge on any atom is 0.274 e. The van der Waals surface area contributed by atoms with Crippen molar-refractivity contribution in [1.29, 1.82) is 0 Å². The number of hydrogen-bond acceptors (Lipinski definition) is 7. The van der Waals surface area contributed by atoms with Crippen LogP contribution in [0.1, 0.15) is 16.1 Å². The average Bonchev–Trinajstić information content (AvgIpc) is 3.17. The quantitative estimate of drug-likeness (QED) is 0.631. The number of anilines is 1. The fourth-order valence-electron chi connectivity index (χ4n) is 2.50. The van der Waals surface area contributed by atoms with Crippen LogP contribution in [-0.4, -0.2) is 35.9 Å². The average molecular weight is 372 g/mol. The van der Waals surface area contributed by atoms with Crippen LogP contribution in [0.25, 0.3) is 0 Å². The van der Waals surface area contributed by atoms with E-state index in [9.17, 15) is 4.79 Å². The molecule has 2 N–H and O–H groups in total. The van der Waals surface area contributed by atoms with Crippen LogP contribution in [0.2, 0.25) is 0 Å². The summed E-state index contributed by atoms with van der Waals surface area (Å²) in [5.41, 5.74) is 1.28. The van der Waals surface area contributed by atoms with Crippen molar-refractivity contribution in [3.63, 3.8) is 0 Å². The summed E-state index contributed by atoms with van der Waals surface area (Å²) in [6, 6.07) is 9.70. The number of nitrogens with zero attached hydrogens (tertiary/aromatic N) is 2. The summed E-state index contributed by atoms with van der Waals surface area (Å²) in [6.07, 6.45) is 1.23. The monoisotopic (exact) mass is 372 g/mol. The predicted octanol–water partition coefficient (Wildman–Crippen LogP) is 2.49. The minimum Gasteiger partial charge on any atom is -0.493 e. The first-order valence-corrected chi connectivity index (χ1v) is 9.00. The number of thiophene rings is 1. The fourth-order valence-corrected chi connectivity index (χ4v) is 3.20. The molecule has 3 aromatic rings. The smallest absolute Gasteiger partial charge is 0.274 e. The number of benzene rings is 1. The number of hydrogen-bond donors (Lipinski definition) is 2. The summed E-state index contributed by atoms with van der Waals surface area (Å²) in [5.74, 6) is 1.75. The molecule has 0 fully saturated rings. The van der Waals surface area contributed by atoms with Crippen molar-refractivity contribution in [3.8, 4) is 11.5 Å². The van der Waals surface area contributed by atoms with Gasteiger partial charge in [0.1, 0.15) is 5.69 Å². The third-order valence-corrected chi connectivity index (χ3v) is 4.72. The Labute approximate surface area is 155 Å². The molecule has 2 heterocycles. The van der Waals surface area contributed by atoms with E-state index in [1.807, 2.05) is 35.7 Å². The zero-order chi connectivity index (χ0) is 18.4. The molecular weight excluding hydrogens is 352 g/mol. The molecule has 0 amide bonds. The first-order chi connectivity index (χ1) is 12.7. The van der Waals surface area contributed by atoms with Crippen molar-refractivity contribution in [2.75, 3.05) is 26.1 Å². The number of methoxy groups -OCH3 is 2. The molecule has 7 nitrogen and oxygen atoms in total. The lowest BCUT2D eigenvalue weighted by Crippen LogP contribution is -2.20. The highest BCUT2D eigenvalue weighted by Crippen LogP contribution is 2.27. The second-order valence-corrected chi connectivity index (χ2v) is 6.60. The standard InChI is InChI=1S/C18H20N4O3S/c1-24-15-6-5-12(10-16(15)25-2)7-8-19-18-20-17(23)14(21-22-18)11-13-4-3-9-26-13/h3-6,9-10H,7-8,11H2,1-2H3,(H2,19,20,22,23). The minimum absolute atomic E-state index is 0.220. The molecule has 3 rings (SSSR count). The number of aromatic nitrogens is 3. The summed E-state index contributed by atoms with van der Waals surface area (Å²) >= 11 is 1.59. The Morgan fingerprint density at radius 2 is 2.00 bits per heavy atom. The van der Waals surface area contributed by atoms with Gasteiger partial charge in [0.2, 0.25) is 5.95 Å². The molecular formula is C18H20N4O3S. The minimum atomic E-state index is -0.220. The Morgan fingerprint density at radius 1 is 1.15 bits per heavy atom. The van der Waals surface area contributed by atoms with Crippen molar-refractivity contribution in [1.82, 2.24) is 15.2 Å². The molecule has 1 aromatic carbocycles. The van der Waals surface area contributed by atoms with Crippen LogP contribution < -0.4 is 20.3 Å². The molecule has 0 radical (unpaired) electrons. The molecule has 136 valence electrons. The van der Waals surface area contributed by atoms with Gasteiger partial charge >= 0.3 is 0 Å². The molecule has 0 saturated carbocycles. The largest absolute Gasteiger partial charge is 0.493 e. The predicted molar refractivity (Wildman–Crippen MR) is 102 cm³/mol. The zero-order valence-electron chi connectivity index (χ0n) is 14.6. The topological polar surface area (TPSA) is 89.1 Å². The summed E-state index contributed by atoms with van der Waals surface area (Å²) in [5, 5.41) is 13.2. The van der Waals surface area contributed by atoms with E-state index in [1.165, 1.54) is 0 Å². The summed E-state index contributed by atoms with van der Waals surface area (Å²) in [6.45, 7) is 0.602. The SMILES string of the molecule is COc1ccc(CCNc2nnc(Cc3cccs3)c(=O)[nH]2)cc1OC. The van der Waals surface area contributed by atoms with Crippen molar-refractivity contribution in [3.05, 3.63) is 62.2 Å². The third kappa shape index (κ3) is 4.40. The maximum atomic E-state index is 12.1. The van der Waals surface area contributed by atoms with Crippen LogP contribution in [0.5, 0.6) is 11.5 Å². The molecule has 0 spiro atoms. The van der Waals surface area contributed by atoms with Gasteiger partial charge in [-0.15, -0.1) is 21.5 Å².